The van der Waals surface area contributed by atoms with Gasteiger partial charge in [-0.15, -0.1) is 10.2 Å². The number of benzene rings is 2. The molecule has 2 aromatic carbocycles. The molecule has 144 valence electrons. The van der Waals surface area contributed by atoms with Crippen molar-refractivity contribution in [1.82, 2.24) is 19.7 Å². The number of carbonyl (C=O) groups is 1. The number of aromatic nitrogens is 3. The summed E-state index contributed by atoms with van der Waals surface area (Å²) in [5.41, 5.74) is 3.97. The minimum atomic E-state index is -0.122. The van der Waals surface area contributed by atoms with Crippen molar-refractivity contribution in [2.24, 2.45) is 0 Å². The van der Waals surface area contributed by atoms with Gasteiger partial charge in [-0.25, -0.2) is 4.79 Å². The fourth-order valence-corrected chi connectivity index (χ4v) is 3.51. The number of fused-ring (bicyclic) bond motifs is 1. The Kier molecular flexibility index (Phi) is 4.97. The molecular formula is C21H23N5O2. The Balaban J connectivity index is 1.55. The third-order valence-electron chi connectivity index (χ3n) is 5.08. The Morgan fingerprint density at radius 3 is 2.89 bits per heavy atom. The van der Waals surface area contributed by atoms with Gasteiger partial charge in [0, 0.05) is 25.2 Å². The Morgan fingerprint density at radius 2 is 2.07 bits per heavy atom. The number of amides is 2. The highest BCUT2D eigenvalue weighted by molar-refractivity contribution is 5.93. The van der Waals surface area contributed by atoms with Crippen LogP contribution in [-0.2, 0) is 19.5 Å². The molecule has 0 radical (unpaired) electrons. The van der Waals surface area contributed by atoms with E-state index >= 15 is 0 Å². The zero-order valence-electron chi connectivity index (χ0n) is 16.1. The monoisotopic (exact) mass is 377 g/mol. The zero-order chi connectivity index (χ0) is 19.5. The van der Waals surface area contributed by atoms with Gasteiger partial charge in [0.1, 0.15) is 12.1 Å². The van der Waals surface area contributed by atoms with Gasteiger partial charge in [-0.3, -0.25) is 0 Å². The average molecular weight is 377 g/mol. The number of ether oxygens (including phenoxy) is 1. The Labute approximate surface area is 164 Å². The van der Waals surface area contributed by atoms with E-state index in [1.54, 1.807) is 13.4 Å². The van der Waals surface area contributed by atoms with Gasteiger partial charge in [-0.1, -0.05) is 18.2 Å². The first-order valence-corrected chi connectivity index (χ1v) is 9.38. The molecule has 28 heavy (non-hydrogen) atoms. The van der Waals surface area contributed by atoms with Gasteiger partial charge in [0.25, 0.3) is 0 Å². The minimum absolute atomic E-state index is 0.122. The van der Waals surface area contributed by atoms with E-state index in [0.717, 1.165) is 41.4 Å². The highest BCUT2D eigenvalue weighted by atomic mass is 16.5. The first kappa shape index (κ1) is 18.0. The molecule has 0 saturated carbocycles. The summed E-state index contributed by atoms with van der Waals surface area (Å²) >= 11 is 0. The summed E-state index contributed by atoms with van der Waals surface area (Å²) in [6.45, 7) is 4.03. The molecule has 7 heteroatoms. The Morgan fingerprint density at radius 1 is 1.21 bits per heavy atom. The van der Waals surface area contributed by atoms with Crippen molar-refractivity contribution in [1.29, 1.82) is 0 Å². The lowest BCUT2D eigenvalue weighted by Crippen LogP contribution is -2.39. The molecule has 0 bridgehead atoms. The third-order valence-corrected chi connectivity index (χ3v) is 5.08. The number of nitrogens with zero attached hydrogens (tertiary/aromatic N) is 4. The number of urea groups is 1. The van der Waals surface area contributed by atoms with Crippen LogP contribution in [0, 0.1) is 0 Å². The molecule has 1 aliphatic heterocycles. The van der Waals surface area contributed by atoms with E-state index in [1.807, 2.05) is 52.8 Å². The van der Waals surface area contributed by atoms with Crippen molar-refractivity contribution in [3.63, 3.8) is 0 Å². The van der Waals surface area contributed by atoms with Gasteiger partial charge in [-0.05, 0) is 48.7 Å². The summed E-state index contributed by atoms with van der Waals surface area (Å²) in [7, 11) is 1.65. The van der Waals surface area contributed by atoms with Crippen molar-refractivity contribution < 1.29 is 9.53 Å². The number of carbonyl (C=O) groups excluding carboxylic acids is 1. The molecule has 1 aliphatic rings. The van der Waals surface area contributed by atoms with Crippen LogP contribution in [0.4, 0.5) is 10.5 Å². The molecule has 0 aliphatic carbocycles. The Bertz CT molecular complexity index is 998. The summed E-state index contributed by atoms with van der Waals surface area (Å²) in [6, 6.07) is 13.6. The van der Waals surface area contributed by atoms with E-state index in [2.05, 4.69) is 21.6 Å². The zero-order valence-corrected chi connectivity index (χ0v) is 16.1. The molecule has 4 rings (SSSR count). The van der Waals surface area contributed by atoms with E-state index in [0.29, 0.717) is 13.1 Å². The molecule has 1 N–H and O–H groups in total. The van der Waals surface area contributed by atoms with E-state index in [4.69, 9.17) is 4.74 Å². The van der Waals surface area contributed by atoms with Crippen LogP contribution in [-0.4, -0.2) is 39.4 Å². The number of rotatable bonds is 4. The van der Waals surface area contributed by atoms with E-state index in [-0.39, 0.29) is 6.03 Å². The molecule has 0 saturated heterocycles. The molecule has 7 nitrogen and oxygen atoms in total. The van der Waals surface area contributed by atoms with Crippen molar-refractivity contribution in [3.8, 4) is 17.1 Å². The van der Waals surface area contributed by atoms with Gasteiger partial charge in [0.2, 0.25) is 0 Å². The second-order valence-corrected chi connectivity index (χ2v) is 6.72. The number of methoxy groups -OCH3 is 1. The number of hydrogen-bond acceptors (Lipinski definition) is 4. The maximum Gasteiger partial charge on any atom is 0.322 e. The molecule has 2 amide bonds. The first-order valence-electron chi connectivity index (χ1n) is 9.38. The predicted molar refractivity (Wildman–Crippen MR) is 107 cm³/mol. The maximum atomic E-state index is 12.9. The normalized spacial score (nSPS) is 13.1. The average Bonchev–Trinajstić information content (AvgIpc) is 3.22. The highest BCUT2D eigenvalue weighted by Gasteiger charge is 2.22. The lowest BCUT2D eigenvalue weighted by Gasteiger charge is -2.29. The summed E-state index contributed by atoms with van der Waals surface area (Å²) in [4.78, 5) is 14.8. The quantitative estimate of drug-likeness (QED) is 0.755. The largest absolute Gasteiger partial charge is 0.497 e. The van der Waals surface area contributed by atoms with Crippen LogP contribution in [0.3, 0.4) is 0 Å². The van der Waals surface area contributed by atoms with Crippen LogP contribution in [0.25, 0.3) is 11.4 Å². The van der Waals surface area contributed by atoms with Crippen LogP contribution in [0.5, 0.6) is 5.75 Å². The van der Waals surface area contributed by atoms with Crippen LogP contribution >= 0.6 is 0 Å². The minimum Gasteiger partial charge on any atom is -0.497 e. The van der Waals surface area contributed by atoms with Gasteiger partial charge < -0.3 is 19.5 Å². The number of anilines is 1. The van der Waals surface area contributed by atoms with Crippen molar-refractivity contribution >= 4 is 11.7 Å². The topological polar surface area (TPSA) is 72.3 Å². The lowest BCUT2D eigenvalue weighted by molar-refractivity contribution is 0.206. The number of hydrogen-bond donors (Lipinski definition) is 1. The van der Waals surface area contributed by atoms with E-state index in [1.165, 1.54) is 5.56 Å². The van der Waals surface area contributed by atoms with Gasteiger partial charge in [-0.2, -0.15) is 0 Å². The standard InChI is InChI=1S/C21H23N5O2/c1-3-25-14-22-24-20(25)18-6-4-5-7-19(18)23-21(27)26-11-10-15-8-9-17(28-2)12-16(15)13-26/h4-9,12,14H,3,10-11,13H2,1-2H3,(H,23,27). The van der Waals surface area contributed by atoms with Gasteiger partial charge >= 0.3 is 6.03 Å². The first-order chi connectivity index (χ1) is 13.7. The smallest absolute Gasteiger partial charge is 0.322 e. The van der Waals surface area contributed by atoms with Crippen LogP contribution < -0.4 is 10.1 Å². The van der Waals surface area contributed by atoms with Crippen molar-refractivity contribution in [3.05, 3.63) is 59.9 Å². The summed E-state index contributed by atoms with van der Waals surface area (Å²) in [6.07, 6.45) is 2.53. The maximum absolute atomic E-state index is 12.9. The highest BCUT2D eigenvalue weighted by Crippen LogP contribution is 2.28. The second kappa shape index (κ2) is 7.72. The van der Waals surface area contributed by atoms with Gasteiger partial charge in [0.15, 0.2) is 5.82 Å². The number of nitrogens with one attached hydrogen (secondary N) is 1. The molecule has 0 spiro atoms. The molecule has 1 aromatic heterocycles. The fraction of sp³-hybridized carbons (Fsp3) is 0.286. The molecular weight excluding hydrogens is 354 g/mol. The van der Waals surface area contributed by atoms with Gasteiger partial charge in [0.05, 0.1) is 12.8 Å². The fourth-order valence-electron chi connectivity index (χ4n) is 3.51. The van der Waals surface area contributed by atoms with Crippen LogP contribution in [0.1, 0.15) is 18.1 Å². The SMILES string of the molecule is CCn1cnnc1-c1ccccc1NC(=O)N1CCc2ccc(OC)cc2C1. The van der Waals surface area contributed by atoms with Crippen LogP contribution in [0.2, 0.25) is 0 Å². The molecule has 3 aromatic rings. The predicted octanol–water partition coefficient (Wildman–Crippen LogP) is 3.56. The third kappa shape index (κ3) is 3.43. The molecule has 0 unspecified atom stereocenters. The summed E-state index contributed by atoms with van der Waals surface area (Å²) in [5.74, 6) is 1.55. The summed E-state index contributed by atoms with van der Waals surface area (Å²) < 4.78 is 7.27. The molecule has 0 fully saturated rings. The number of para-hydroxylation sites is 1. The van der Waals surface area contributed by atoms with Crippen molar-refractivity contribution in [2.45, 2.75) is 26.4 Å². The van der Waals surface area contributed by atoms with Crippen molar-refractivity contribution in [2.75, 3.05) is 19.0 Å². The number of aryl methyl sites for hydroxylation is 1. The lowest BCUT2D eigenvalue weighted by atomic mass is 10.00. The van der Waals surface area contributed by atoms with E-state index < -0.39 is 0 Å². The molecule has 0 atom stereocenters. The Hall–Kier alpha value is -3.35. The van der Waals surface area contributed by atoms with Crippen LogP contribution in [0.15, 0.2) is 48.8 Å². The molecule has 2 heterocycles. The van der Waals surface area contributed by atoms with E-state index in [9.17, 15) is 4.79 Å². The summed E-state index contributed by atoms with van der Waals surface area (Å²) in [5, 5.41) is 11.3. The second-order valence-electron chi connectivity index (χ2n) is 6.72.